The van der Waals surface area contributed by atoms with E-state index in [0.29, 0.717) is 35.6 Å². The number of nitrogens with one attached hydrogen (secondary N) is 2. The smallest absolute Gasteiger partial charge is 0.255 e. The predicted octanol–water partition coefficient (Wildman–Crippen LogP) is 5.78. The van der Waals surface area contributed by atoms with Crippen molar-refractivity contribution in [3.63, 3.8) is 0 Å². The van der Waals surface area contributed by atoms with E-state index in [1.54, 1.807) is 65.0 Å². The third-order valence-corrected chi connectivity index (χ3v) is 7.63. The molecule has 3 rings (SSSR count). The molecule has 8 heteroatoms. The number of unbranched alkanes of at least 4 members (excludes halogenated alkanes) is 2. The van der Waals surface area contributed by atoms with E-state index in [1.165, 1.54) is 12.1 Å². The number of hydrogen-bond donors (Lipinski definition) is 2. The Labute approximate surface area is 213 Å². The Balaban J connectivity index is 1.63. The summed E-state index contributed by atoms with van der Waals surface area (Å²) < 4.78 is 27.8. The Bertz CT molecular complexity index is 1230. The number of benzene rings is 3. The Morgan fingerprint density at radius 1 is 0.667 bits per heavy atom. The standard InChI is InChI=1S/C28H33N3O4S/c1-3-5-20-31(21-6-4-2)36(34,35)26-18-16-25(17-19-26)30-28(33)23-12-14-24(15-13-23)29-27(32)22-10-8-7-9-11-22/h7-19H,3-6,20-21H2,1-2H3,(H,29,32)(H,30,33). The Morgan fingerprint density at radius 2 is 1.11 bits per heavy atom. The molecule has 0 aliphatic carbocycles. The van der Waals surface area contributed by atoms with Crippen LogP contribution >= 0.6 is 0 Å². The summed E-state index contributed by atoms with van der Waals surface area (Å²) in [7, 11) is -3.59. The van der Waals surface area contributed by atoms with Gasteiger partial charge in [0.05, 0.1) is 4.90 Å². The minimum absolute atomic E-state index is 0.214. The molecule has 0 radical (unpaired) electrons. The van der Waals surface area contributed by atoms with Gasteiger partial charge in [-0.05, 0) is 73.5 Å². The van der Waals surface area contributed by atoms with Gasteiger partial charge in [0.2, 0.25) is 10.0 Å². The minimum atomic E-state index is -3.59. The first-order valence-corrected chi connectivity index (χ1v) is 13.7. The maximum Gasteiger partial charge on any atom is 0.255 e. The van der Waals surface area contributed by atoms with E-state index < -0.39 is 10.0 Å². The molecular formula is C28H33N3O4S. The molecule has 2 N–H and O–H groups in total. The monoisotopic (exact) mass is 507 g/mol. The van der Waals surface area contributed by atoms with Gasteiger partial charge in [-0.3, -0.25) is 9.59 Å². The number of anilines is 2. The van der Waals surface area contributed by atoms with E-state index in [1.807, 2.05) is 19.9 Å². The van der Waals surface area contributed by atoms with Gasteiger partial charge in [0.1, 0.15) is 0 Å². The molecule has 190 valence electrons. The van der Waals surface area contributed by atoms with Gasteiger partial charge in [0.25, 0.3) is 11.8 Å². The molecule has 36 heavy (non-hydrogen) atoms. The van der Waals surface area contributed by atoms with Gasteiger partial charge in [0, 0.05) is 35.6 Å². The highest BCUT2D eigenvalue weighted by Gasteiger charge is 2.23. The van der Waals surface area contributed by atoms with Crippen LogP contribution < -0.4 is 10.6 Å². The zero-order valence-electron chi connectivity index (χ0n) is 20.7. The van der Waals surface area contributed by atoms with Gasteiger partial charge in [-0.1, -0.05) is 44.9 Å². The Kier molecular flexibility index (Phi) is 9.78. The molecule has 0 aromatic heterocycles. The van der Waals surface area contributed by atoms with Crippen LogP contribution in [0.25, 0.3) is 0 Å². The summed E-state index contributed by atoms with van der Waals surface area (Å²) in [4.78, 5) is 25.2. The fourth-order valence-electron chi connectivity index (χ4n) is 3.58. The maximum atomic E-state index is 13.1. The lowest BCUT2D eigenvalue weighted by atomic mass is 10.1. The topological polar surface area (TPSA) is 95.6 Å². The molecule has 0 saturated heterocycles. The van der Waals surface area contributed by atoms with E-state index >= 15 is 0 Å². The van der Waals surface area contributed by atoms with Crippen molar-refractivity contribution in [2.45, 2.75) is 44.4 Å². The molecule has 2 amide bonds. The number of hydrogen-bond acceptors (Lipinski definition) is 4. The SMILES string of the molecule is CCCCN(CCCC)S(=O)(=O)c1ccc(NC(=O)c2ccc(NC(=O)c3ccccc3)cc2)cc1. The summed E-state index contributed by atoms with van der Waals surface area (Å²) in [5.41, 5.74) is 2.03. The Hall–Kier alpha value is -3.49. The van der Waals surface area contributed by atoms with Gasteiger partial charge < -0.3 is 10.6 Å². The molecule has 0 bridgehead atoms. The van der Waals surface area contributed by atoms with E-state index in [4.69, 9.17) is 0 Å². The van der Waals surface area contributed by atoms with Crippen LogP contribution in [-0.4, -0.2) is 37.6 Å². The lowest BCUT2D eigenvalue weighted by Crippen LogP contribution is -2.33. The predicted molar refractivity (Wildman–Crippen MR) is 144 cm³/mol. The molecule has 3 aromatic rings. The molecule has 0 atom stereocenters. The van der Waals surface area contributed by atoms with Gasteiger partial charge in [-0.2, -0.15) is 4.31 Å². The summed E-state index contributed by atoms with van der Waals surface area (Å²) in [6.07, 6.45) is 3.46. The van der Waals surface area contributed by atoms with Crippen molar-refractivity contribution in [1.82, 2.24) is 4.31 Å². The van der Waals surface area contributed by atoms with Crippen LogP contribution in [-0.2, 0) is 10.0 Å². The molecule has 0 spiro atoms. The largest absolute Gasteiger partial charge is 0.322 e. The summed E-state index contributed by atoms with van der Waals surface area (Å²) >= 11 is 0. The van der Waals surface area contributed by atoms with Crippen LogP contribution in [0.5, 0.6) is 0 Å². The molecule has 0 heterocycles. The van der Waals surface area contributed by atoms with Crippen LogP contribution in [0.2, 0.25) is 0 Å². The molecule has 0 unspecified atom stereocenters. The molecule has 0 fully saturated rings. The van der Waals surface area contributed by atoms with Crippen molar-refractivity contribution in [1.29, 1.82) is 0 Å². The third-order valence-electron chi connectivity index (χ3n) is 5.71. The van der Waals surface area contributed by atoms with Crippen molar-refractivity contribution < 1.29 is 18.0 Å². The first-order valence-electron chi connectivity index (χ1n) is 12.2. The first-order chi connectivity index (χ1) is 17.3. The van der Waals surface area contributed by atoms with E-state index in [2.05, 4.69) is 10.6 Å². The van der Waals surface area contributed by atoms with Crippen molar-refractivity contribution in [2.75, 3.05) is 23.7 Å². The molecule has 0 aliphatic rings. The average molecular weight is 508 g/mol. The number of rotatable bonds is 12. The minimum Gasteiger partial charge on any atom is -0.322 e. The highest BCUT2D eigenvalue weighted by molar-refractivity contribution is 7.89. The summed E-state index contributed by atoms with van der Waals surface area (Å²) in [6, 6.07) is 21.7. The fraction of sp³-hybridized carbons (Fsp3) is 0.286. The van der Waals surface area contributed by atoms with Crippen LogP contribution in [0.15, 0.2) is 83.8 Å². The first kappa shape index (κ1) is 27.1. The van der Waals surface area contributed by atoms with E-state index in [-0.39, 0.29) is 16.7 Å². The maximum absolute atomic E-state index is 13.1. The number of nitrogens with zero attached hydrogens (tertiary/aromatic N) is 1. The lowest BCUT2D eigenvalue weighted by molar-refractivity contribution is 0.102. The van der Waals surface area contributed by atoms with Crippen LogP contribution in [0.3, 0.4) is 0 Å². The van der Waals surface area contributed by atoms with Gasteiger partial charge in [-0.25, -0.2) is 8.42 Å². The third kappa shape index (κ3) is 7.26. The average Bonchev–Trinajstić information content (AvgIpc) is 2.90. The zero-order valence-corrected chi connectivity index (χ0v) is 21.6. The number of sulfonamides is 1. The zero-order chi connectivity index (χ0) is 26.0. The highest BCUT2D eigenvalue weighted by atomic mass is 32.2. The molecule has 7 nitrogen and oxygen atoms in total. The number of amides is 2. The molecular weight excluding hydrogens is 474 g/mol. The highest BCUT2D eigenvalue weighted by Crippen LogP contribution is 2.21. The second kappa shape index (κ2) is 13.0. The summed E-state index contributed by atoms with van der Waals surface area (Å²) in [6.45, 7) is 5.07. The van der Waals surface area contributed by atoms with Crippen molar-refractivity contribution in [2.24, 2.45) is 0 Å². The number of carbonyl (C=O) groups is 2. The second-order valence-electron chi connectivity index (χ2n) is 8.49. The quantitative estimate of drug-likeness (QED) is 0.325. The van der Waals surface area contributed by atoms with E-state index in [9.17, 15) is 18.0 Å². The molecule has 0 saturated carbocycles. The normalized spacial score (nSPS) is 11.3. The Morgan fingerprint density at radius 3 is 1.58 bits per heavy atom. The van der Waals surface area contributed by atoms with Crippen LogP contribution in [0.4, 0.5) is 11.4 Å². The molecule has 3 aromatic carbocycles. The second-order valence-corrected chi connectivity index (χ2v) is 10.4. The van der Waals surface area contributed by atoms with Crippen LogP contribution in [0, 0.1) is 0 Å². The molecule has 0 aliphatic heterocycles. The van der Waals surface area contributed by atoms with E-state index in [0.717, 1.165) is 25.7 Å². The summed E-state index contributed by atoms with van der Waals surface area (Å²) in [5, 5.41) is 5.58. The van der Waals surface area contributed by atoms with Crippen molar-refractivity contribution in [3.05, 3.63) is 90.0 Å². The number of carbonyl (C=O) groups excluding carboxylic acids is 2. The fourth-order valence-corrected chi connectivity index (χ4v) is 5.10. The van der Waals surface area contributed by atoms with Gasteiger partial charge >= 0.3 is 0 Å². The van der Waals surface area contributed by atoms with Crippen molar-refractivity contribution in [3.8, 4) is 0 Å². The lowest BCUT2D eigenvalue weighted by Gasteiger charge is -2.22. The van der Waals surface area contributed by atoms with Gasteiger partial charge in [0.15, 0.2) is 0 Å². The van der Waals surface area contributed by atoms with Crippen LogP contribution in [0.1, 0.15) is 60.2 Å². The summed E-state index contributed by atoms with van der Waals surface area (Å²) in [5.74, 6) is -0.565. The van der Waals surface area contributed by atoms with Crippen molar-refractivity contribution >= 4 is 33.2 Å². The van der Waals surface area contributed by atoms with Gasteiger partial charge in [-0.15, -0.1) is 0 Å².